The van der Waals surface area contributed by atoms with Gasteiger partial charge in [-0.15, -0.1) is 11.3 Å². The third-order valence-corrected chi connectivity index (χ3v) is 5.89. The van der Waals surface area contributed by atoms with E-state index in [1.807, 2.05) is 25.1 Å². The number of para-hydroxylation sites is 1. The summed E-state index contributed by atoms with van der Waals surface area (Å²) in [5.74, 6) is -0.214. The highest BCUT2D eigenvalue weighted by Crippen LogP contribution is 2.39. The van der Waals surface area contributed by atoms with Crippen molar-refractivity contribution in [2.45, 2.75) is 6.92 Å². The van der Waals surface area contributed by atoms with E-state index in [2.05, 4.69) is 46.2 Å². The molecule has 0 saturated carbocycles. The number of hydrogen-bond acceptors (Lipinski definition) is 5. The van der Waals surface area contributed by atoms with E-state index in [1.54, 1.807) is 0 Å². The number of esters is 1. The normalized spacial score (nSPS) is 14.7. The lowest BCUT2D eigenvalue weighted by molar-refractivity contribution is 0.0533. The lowest BCUT2D eigenvalue weighted by atomic mass is 10.1. The fraction of sp³-hybridized carbons (Fsp3) is 0.286. The molecule has 4 rings (SSSR count). The Morgan fingerprint density at radius 2 is 1.62 bits per heavy atom. The monoisotopic (exact) mass is 366 g/mol. The van der Waals surface area contributed by atoms with Crippen LogP contribution in [-0.4, -0.2) is 38.8 Å². The molecule has 0 unspecified atom stereocenters. The number of fused-ring (bicyclic) bond motifs is 1. The maximum atomic E-state index is 12.5. The molecule has 1 saturated heterocycles. The molecule has 1 fully saturated rings. The molecule has 0 aliphatic carbocycles. The summed E-state index contributed by atoms with van der Waals surface area (Å²) < 4.78 is 6.45. The third kappa shape index (κ3) is 3.15. The van der Waals surface area contributed by atoms with E-state index in [-0.39, 0.29) is 5.97 Å². The minimum absolute atomic E-state index is 0.214. The van der Waals surface area contributed by atoms with Crippen molar-refractivity contribution in [2.24, 2.45) is 0 Å². The fourth-order valence-electron chi connectivity index (χ4n) is 3.51. The number of nitrogens with zero attached hydrogens (tertiary/aromatic N) is 2. The van der Waals surface area contributed by atoms with Gasteiger partial charge in [0.25, 0.3) is 0 Å². The minimum atomic E-state index is -0.214. The number of ether oxygens (including phenoxy) is 1. The number of piperazine rings is 1. The quantitative estimate of drug-likeness (QED) is 0.641. The van der Waals surface area contributed by atoms with Gasteiger partial charge < -0.3 is 14.5 Å². The Bertz CT molecular complexity index is 899. The second-order valence-electron chi connectivity index (χ2n) is 6.31. The smallest absolute Gasteiger partial charge is 0.350 e. The first kappa shape index (κ1) is 16.9. The van der Waals surface area contributed by atoms with Crippen LogP contribution in [0.15, 0.2) is 54.6 Å². The van der Waals surface area contributed by atoms with Gasteiger partial charge in [-0.3, -0.25) is 0 Å². The molecule has 0 N–H and O–H groups in total. The first-order chi connectivity index (χ1) is 12.8. The highest BCUT2D eigenvalue weighted by molar-refractivity contribution is 7.21. The molecule has 0 spiro atoms. The standard InChI is InChI=1S/C21H22N2O2S/c1-2-25-21(24)20-19(17-10-6-7-11-18(17)26-20)23-14-12-22(13-15-23)16-8-4-3-5-9-16/h3-11H,2,12-15H2,1H3. The Hall–Kier alpha value is -2.53. The van der Waals surface area contributed by atoms with Crippen molar-refractivity contribution in [3.8, 4) is 0 Å². The second kappa shape index (κ2) is 7.38. The number of carbonyl (C=O) groups excluding carboxylic acids is 1. The molecule has 1 aliphatic rings. The Morgan fingerprint density at radius 3 is 2.35 bits per heavy atom. The summed E-state index contributed by atoms with van der Waals surface area (Å²) in [5.41, 5.74) is 2.30. The lowest BCUT2D eigenvalue weighted by Crippen LogP contribution is -2.46. The van der Waals surface area contributed by atoms with Gasteiger partial charge in [0.05, 0.1) is 12.3 Å². The van der Waals surface area contributed by atoms with Crippen LogP contribution in [0.3, 0.4) is 0 Å². The van der Waals surface area contributed by atoms with Gasteiger partial charge in [0.1, 0.15) is 4.88 Å². The summed E-state index contributed by atoms with van der Waals surface area (Å²) in [7, 11) is 0. The maximum Gasteiger partial charge on any atom is 0.350 e. The van der Waals surface area contributed by atoms with E-state index >= 15 is 0 Å². The molecule has 0 atom stereocenters. The molecular weight excluding hydrogens is 344 g/mol. The molecule has 134 valence electrons. The molecular formula is C21H22N2O2S. The zero-order valence-electron chi connectivity index (χ0n) is 14.9. The fourth-order valence-corrected chi connectivity index (χ4v) is 4.63. The molecule has 5 heteroatoms. The van der Waals surface area contributed by atoms with Gasteiger partial charge in [0, 0.05) is 42.0 Å². The summed E-state index contributed by atoms with van der Waals surface area (Å²) in [6, 6.07) is 18.7. The largest absolute Gasteiger partial charge is 0.462 e. The van der Waals surface area contributed by atoms with E-state index in [0.717, 1.165) is 46.8 Å². The van der Waals surface area contributed by atoms with E-state index in [0.29, 0.717) is 6.61 Å². The Kier molecular flexibility index (Phi) is 4.80. The van der Waals surface area contributed by atoms with Crippen molar-refractivity contribution < 1.29 is 9.53 Å². The first-order valence-electron chi connectivity index (χ1n) is 9.01. The molecule has 0 radical (unpaired) electrons. The molecule has 2 heterocycles. The van der Waals surface area contributed by atoms with Crippen molar-refractivity contribution >= 4 is 38.8 Å². The maximum absolute atomic E-state index is 12.5. The van der Waals surface area contributed by atoms with Gasteiger partial charge in [-0.1, -0.05) is 36.4 Å². The molecule has 4 nitrogen and oxygen atoms in total. The lowest BCUT2D eigenvalue weighted by Gasteiger charge is -2.37. The Balaban J connectivity index is 1.62. The number of anilines is 2. The van der Waals surface area contributed by atoms with Crippen LogP contribution in [0, 0.1) is 0 Å². The van der Waals surface area contributed by atoms with Gasteiger partial charge in [-0.2, -0.15) is 0 Å². The zero-order chi connectivity index (χ0) is 17.9. The van der Waals surface area contributed by atoms with Crippen molar-refractivity contribution in [3.05, 3.63) is 59.5 Å². The van der Waals surface area contributed by atoms with Crippen LogP contribution in [0.25, 0.3) is 10.1 Å². The summed E-state index contributed by atoms with van der Waals surface area (Å²) in [4.78, 5) is 18.0. The average Bonchev–Trinajstić information content (AvgIpc) is 3.09. The topological polar surface area (TPSA) is 32.8 Å². The van der Waals surface area contributed by atoms with Crippen molar-refractivity contribution in [3.63, 3.8) is 0 Å². The zero-order valence-corrected chi connectivity index (χ0v) is 15.7. The summed E-state index contributed by atoms with van der Waals surface area (Å²) >= 11 is 1.53. The number of thiophene rings is 1. The van der Waals surface area contributed by atoms with Crippen molar-refractivity contribution in [1.82, 2.24) is 0 Å². The number of hydrogen-bond donors (Lipinski definition) is 0. The van der Waals surface area contributed by atoms with Gasteiger partial charge in [0.15, 0.2) is 0 Å². The molecule has 3 aromatic rings. The SMILES string of the molecule is CCOC(=O)c1sc2ccccc2c1N1CCN(c2ccccc2)CC1. The molecule has 1 aromatic heterocycles. The van der Waals surface area contributed by atoms with Gasteiger partial charge in [-0.25, -0.2) is 4.79 Å². The van der Waals surface area contributed by atoms with E-state index in [4.69, 9.17) is 4.74 Å². The van der Waals surface area contributed by atoms with E-state index in [9.17, 15) is 4.79 Å². The average molecular weight is 366 g/mol. The van der Waals surface area contributed by atoms with E-state index < -0.39 is 0 Å². The van der Waals surface area contributed by atoms with Crippen LogP contribution in [0.2, 0.25) is 0 Å². The van der Waals surface area contributed by atoms with Gasteiger partial charge >= 0.3 is 5.97 Å². The van der Waals surface area contributed by atoms with Gasteiger partial charge in [-0.05, 0) is 25.1 Å². The predicted octanol–water partition coefficient (Wildman–Crippen LogP) is 4.40. The van der Waals surface area contributed by atoms with Crippen LogP contribution in [0.1, 0.15) is 16.6 Å². The predicted molar refractivity (Wildman–Crippen MR) is 109 cm³/mol. The Labute approximate surface area is 157 Å². The molecule has 1 aliphatic heterocycles. The molecule has 0 bridgehead atoms. The summed E-state index contributed by atoms with van der Waals surface area (Å²) in [6.45, 7) is 5.91. The molecule has 0 amide bonds. The number of rotatable bonds is 4. The third-order valence-electron chi connectivity index (χ3n) is 4.75. The van der Waals surface area contributed by atoms with Crippen LogP contribution in [0.5, 0.6) is 0 Å². The Morgan fingerprint density at radius 1 is 0.962 bits per heavy atom. The number of benzene rings is 2. The molecule has 26 heavy (non-hydrogen) atoms. The van der Waals surface area contributed by atoms with Crippen molar-refractivity contribution in [2.75, 3.05) is 42.6 Å². The van der Waals surface area contributed by atoms with E-state index in [1.165, 1.54) is 17.0 Å². The summed E-state index contributed by atoms with van der Waals surface area (Å²) in [5, 5.41) is 1.15. The number of carbonyl (C=O) groups is 1. The highest BCUT2D eigenvalue weighted by atomic mass is 32.1. The van der Waals surface area contributed by atoms with Crippen LogP contribution < -0.4 is 9.80 Å². The molecule has 2 aromatic carbocycles. The first-order valence-corrected chi connectivity index (χ1v) is 9.83. The summed E-state index contributed by atoms with van der Waals surface area (Å²) in [6.07, 6.45) is 0. The minimum Gasteiger partial charge on any atom is -0.462 e. The van der Waals surface area contributed by atoms with Crippen molar-refractivity contribution in [1.29, 1.82) is 0 Å². The van der Waals surface area contributed by atoms with Crippen LogP contribution in [0.4, 0.5) is 11.4 Å². The second-order valence-corrected chi connectivity index (χ2v) is 7.36. The van der Waals surface area contributed by atoms with Gasteiger partial charge in [0.2, 0.25) is 0 Å². The highest BCUT2D eigenvalue weighted by Gasteiger charge is 2.26. The van der Waals surface area contributed by atoms with Crippen LogP contribution in [-0.2, 0) is 4.74 Å². The van der Waals surface area contributed by atoms with Crippen LogP contribution >= 0.6 is 11.3 Å².